The number of benzene rings is 2. The standard InChI is InChI=1S/C21H28N2O2/c1-15(2)19-8-6-7-16(3)21(19)22-20(24)14-23(4)13-17-9-11-18(25-5)12-10-17/h6-12,15H,13-14H2,1-5H3,(H,22,24)/p+1. The van der Waals surface area contributed by atoms with Crippen LogP contribution in [0, 0.1) is 6.92 Å². The number of methoxy groups -OCH3 is 1. The van der Waals surface area contributed by atoms with Crippen molar-refractivity contribution >= 4 is 11.6 Å². The van der Waals surface area contributed by atoms with E-state index in [4.69, 9.17) is 4.74 Å². The molecule has 0 aromatic heterocycles. The summed E-state index contributed by atoms with van der Waals surface area (Å²) in [5.41, 5.74) is 4.43. The predicted octanol–water partition coefficient (Wildman–Crippen LogP) is 2.78. The maximum Gasteiger partial charge on any atom is 0.279 e. The Morgan fingerprint density at radius 2 is 1.84 bits per heavy atom. The molecule has 4 heteroatoms. The van der Waals surface area contributed by atoms with Crippen molar-refractivity contribution in [3.8, 4) is 5.75 Å². The molecule has 2 aromatic rings. The monoisotopic (exact) mass is 341 g/mol. The molecule has 0 heterocycles. The van der Waals surface area contributed by atoms with Gasteiger partial charge >= 0.3 is 0 Å². The van der Waals surface area contributed by atoms with Crippen LogP contribution in [0.25, 0.3) is 0 Å². The molecule has 2 N–H and O–H groups in total. The molecular formula is C21H29N2O2+. The Morgan fingerprint density at radius 3 is 2.44 bits per heavy atom. The highest BCUT2D eigenvalue weighted by molar-refractivity contribution is 5.93. The quantitative estimate of drug-likeness (QED) is 0.813. The van der Waals surface area contributed by atoms with Crippen LogP contribution in [0.15, 0.2) is 42.5 Å². The summed E-state index contributed by atoms with van der Waals surface area (Å²) in [7, 11) is 3.69. The van der Waals surface area contributed by atoms with E-state index in [0.717, 1.165) is 28.4 Å². The number of anilines is 1. The van der Waals surface area contributed by atoms with Gasteiger partial charge in [0.2, 0.25) is 0 Å². The number of hydrogen-bond donors (Lipinski definition) is 2. The van der Waals surface area contributed by atoms with Crippen molar-refractivity contribution in [2.24, 2.45) is 0 Å². The fourth-order valence-corrected chi connectivity index (χ4v) is 2.95. The van der Waals surface area contributed by atoms with Crippen LogP contribution in [0.2, 0.25) is 0 Å². The van der Waals surface area contributed by atoms with Gasteiger partial charge in [0.1, 0.15) is 12.3 Å². The zero-order valence-electron chi connectivity index (χ0n) is 15.8. The predicted molar refractivity (Wildman–Crippen MR) is 102 cm³/mol. The van der Waals surface area contributed by atoms with Gasteiger partial charge in [0.15, 0.2) is 6.54 Å². The summed E-state index contributed by atoms with van der Waals surface area (Å²) in [6.45, 7) is 7.55. The second-order valence-corrected chi connectivity index (χ2v) is 6.90. The Hall–Kier alpha value is -2.33. The van der Waals surface area contributed by atoms with Gasteiger partial charge < -0.3 is 15.0 Å². The smallest absolute Gasteiger partial charge is 0.279 e. The van der Waals surface area contributed by atoms with E-state index in [1.165, 1.54) is 11.1 Å². The largest absolute Gasteiger partial charge is 0.497 e. The molecule has 1 unspecified atom stereocenters. The molecule has 4 nitrogen and oxygen atoms in total. The number of hydrogen-bond acceptors (Lipinski definition) is 2. The zero-order valence-corrected chi connectivity index (χ0v) is 15.8. The van der Waals surface area contributed by atoms with Crippen LogP contribution in [0.1, 0.15) is 36.5 Å². The van der Waals surface area contributed by atoms with Crippen LogP contribution >= 0.6 is 0 Å². The van der Waals surface area contributed by atoms with Crippen LogP contribution in [-0.4, -0.2) is 26.6 Å². The van der Waals surface area contributed by atoms with E-state index in [0.29, 0.717) is 12.5 Å². The van der Waals surface area contributed by atoms with Gasteiger partial charge in [0.25, 0.3) is 5.91 Å². The fraction of sp³-hybridized carbons (Fsp3) is 0.381. The SMILES string of the molecule is COc1ccc(C[NH+](C)CC(=O)Nc2c(C)cccc2C(C)C)cc1. The second kappa shape index (κ2) is 8.67. The van der Waals surface area contributed by atoms with E-state index in [-0.39, 0.29) is 5.91 Å². The van der Waals surface area contributed by atoms with E-state index in [1.807, 2.05) is 50.4 Å². The number of nitrogens with one attached hydrogen (secondary N) is 2. The highest BCUT2D eigenvalue weighted by atomic mass is 16.5. The van der Waals surface area contributed by atoms with Gasteiger partial charge in [-0.1, -0.05) is 32.0 Å². The van der Waals surface area contributed by atoms with Crippen molar-refractivity contribution in [3.63, 3.8) is 0 Å². The Kier molecular flexibility index (Phi) is 6.59. The fourth-order valence-electron chi connectivity index (χ4n) is 2.95. The lowest BCUT2D eigenvalue weighted by molar-refractivity contribution is -0.885. The zero-order chi connectivity index (χ0) is 18.4. The Labute approximate surface area is 150 Å². The summed E-state index contributed by atoms with van der Waals surface area (Å²) >= 11 is 0. The minimum atomic E-state index is 0.0437. The number of aryl methyl sites for hydroxylation is 1. The van der Waals surface area contributed by atoms with Crippen LogP contribution in [0.3, 0.4) is 0 Å². The summed E-state index contributed by atoms with van der Waals surface area (Å²) in [5, 5.41) is 3.12. The molecule has 0 radical (unpaired) electrons. The first-order valence-electron chi connectivity index (χ1n) is 8.74. The molecule has 0 aliphatic rings. The molecule has 134 valence electrons. The van der Waals surface area contributed by atoms with Crippen LogP contribution in [0.4, 0.5) is 5.69 Å². The van der Waals surface area contributed by atoms with Gasteiger partial charge in [-0.2, -0.15) is 0 Å². The molecule has 0 bridgehead atoms. The van der Waals surface area contributed by atoms with Gasteiger partial charge in [-0.15, -0.1) is 0 Å². The third kappa shape index (κ3) is 5.33. The first-order chi connectivity index (χ1) is 11.9. The van der Waals surface area contributed by atoms with Crippen molar-refractivity contribution in [3.05, 3.63) is 59.2 Å². The molecule has 2 rings (SSSR count). The van der Waals surface area contributed by atoms with E-state index in [9.17, 15) is 4.79 Å². The van der Waals surface area contributed by atoms with E-state index < -0.39 is 0 Å². The van der Waals surface area contributed by atoms with Crippen molar-refractivity contribution in [2.75, 3.05) is 26.0 Å². The molecule has 25 heavy (non-hydrogen) atoms. The number of rotatable bonds is 7. The molecular weight excluding hydrogens is 312 g/mol. The molecule has 0 spiro atoms. The van der Waals surface area contributed by atoms with Crippen molar-refractivity contribution in [1.82, 2.24) is 0 Å². The minimum absolute atomic E-state index is 0.0437. The molecule has 0 saturated carbocycles. The molecule has 0 aliphatic carbocycles. The maximum absolute atomic E-state index is 12.5. The molecule has 1 amide bonds. The van der Waals surface area contributed by atoms with Gasteiger partial charge in [-0.25, -0.2) is 0 Å². The number of quaternary nitrogens is 1. The van der Waals surface area contributed by atoms with E-state index >= 15 is 0 Å². The van der Waals surface area contributed by atoms with Gasteiger partial charge in [-0.05, 0) is 48.2 Å². The number of carbonyl (C=O) groups is 1. The van der Waals surface area contributed by atoms with Crippen LogP contribution in [0.5, 0.6) is 5.75 Å². The molecule has 1 atom stereocenters. The molecule has 2 aromatic carbocycles. The normalized spacial score (nSPS) is 12.1. The summed E-state index contributed by atoms with van der Waals surface area (Å²) in [5.74, 6) is 1.27. The number of amides is 1. The summed E-state index contributed by atoms with van der Waals surface area (Å²) < 4.78 is 5.18. The van der Waals surface area contributed by atoms with Gasteiger partial charge in [0.05, 0.1) is 14.2 Å². The Morgan fingerprint density at radius 1 is 1.16 bits per heavy atom. The third-order valence-corrected chi connectivity index (χ3v) is 4.32. The summed E-state index contributed by atoms with van der Waals surface area (Å²) in [6.07, 6.45) is 0. The average molecular weight is 341 g/mol. The van der Waals surface area contributed by atoms with Gasteiger partial charge in [0, 0.05) is 11.3 Å². The molecule has 0 fully saturated rings. The van der Waals surface area contributed by atoms with Crippen LogP contribution < -0.4 is 15.0 Å². The lowest BCUT2D eigenvalue weighted by Crippen LogP contribution is -3.08. The lowest BCUT2D eigenvalue weighted by Gasteiger charge is -2.18. The average Bonchev–Trinajstić information content (AvgIpc) is 2.57. The number of likely N-dealkylation sites (N-methyl/N-ethyl adjacent to an activating group) is 1. The van der Waals surface area contributed by atoms with Crippen molar-refractivity contribution in [2.45, 2.75) is 33.2 Å². The Bertz CT molecular complexity index is 708. The summed E-state index contributed by atoms with van der Waals surface area (Å²) in [4.78, 5) is 13.6. The Balaban J connectivity index is 1.97. The minimum Gasteiger partial charge on any atom is -0.497 e. The van der Waals surface area contributed by atoms with E-state index in [2.05, 4.69) is 25.2 Å². The second-order valence-electron chi connectivity index (χ2n) is 6.90. The first-order valence-corrected chi connectivity index (χ1v) is 8.74. The molecule has 0 aliphatic heterocycles. The van der Waals surface area contributed by atoms with E-state index in [1.54, 1.807) is 7.11 Å². The third-order valence-electron chi connectivity index (χ3n) is 4.32. The highest BCUT2D eigenvalue weighted by Gasteiger charge is 2.15. The highest BCUT2D eigenvalue weighted by Crippen LogP contribution is 2.27. The van der Waals surface area contributed by atoms with Crippen molar-refractivity contribution in [1.29, 1.82) is 0 Å². The topological polar surface area (TPSA) is 42.8 Å². The number of ether oxygens (including phenoxy) is 1. The van der Waals surface area contributed by atoms with Gasteiger partial charge in [-0.3, -0.25) is 4.79 Å². The summed E-state index contributed by atoms with van der Waals surface area (Å²) in [6, 6.07) is 14.1. The lowest BCUT2D eigenvalue weighted by atomic mass is 9.98. The number of carbonyl (C=O) groups excluding carboxylic acids is 1. The van der Waals surface area contributed by atoms with Crippen LogP contribution in [-0.2, 0) is 11.3 Å². The first kappa shape index (κ1) is 19.0. The van der Waals surface area contributed by atoms with Crippen molar-refractivity contribution < 1.29 is 14.4 Å². The molecule has 0 saturated heterocycles. The maximum atomic E-state index is 12.5. The number of para-hydroxylation sites is 1.